The molecule has 4 nitrogen and oxygen atoms in total. The average molecular weight is 182 g/mol. The van der Waals surface area contributed by atoms with Crippen molar-refractivity contribution >= 4 is 11.8 Å². The molecule has 0 aliphatic carbocycles. The van der Waals surface area contributed by atoms with Gasteiger partial charge in [-0.3, -0.25) is 4.79 Å². The van der Waals surface area contributed by atoms with Crippen molar-refractivity contribution < 1.29 is 19.4 Å². The Kier molecular flexibility index (Phi) is 2.51. The molecule has 1 heterocycles. The molecule has 0 saturated heterocycles. The van der Waals surface area contributed by atoms with Crippen LogP contribution in [0.2, 0.25) is 0 Å². The molecule has 0 radical (unpaired) electrons. The fourth-order valence-corrected chi connectivity index (χ4v) is 1.07. The maximum absolute atomic E-state index is 11.2. The normalized spacial score (nSPS) is 19.5. The molecule has 0 atom stereocenters. The van der Waals surface area contributed by atoms with Crippen molar-refractivity contribution in [2.75, 3.05) is 0 Å². The topological polar surface area (TPSA) is 63.6 Å². The highest BCUT2D eigenvalue weighted by atomic mass is 16.6. The summed E-state index contributed by atoms with van der Waals surface area (Å²) >= 11 is 0. The number of aliphatic hydroxyl groups is 1. The molecule has 0 unspecified atom stereocenters. The lowest BCUT2D eigenvalue weighted by atomic mass is 10.1. The summed E-state index contributed by atoms with van der Waals surface area (Å²) in [6.07, 6.45) is 1.71. The summed E-state index contributed by atoms with van der Waals surface area (Å²) in [5, 5.41) is 9.20. The van der Waals surface area contributed by atoms with Crippen LogP contribution in [0.1, 0.15) is 20.3 Å². The molecular weight excluding hydrogens is 172 g/mol. The van der Waals surface area contributed by atoms with E-state index in [-0.39, 0.29) is 23.5 Å². The van der Waals surface area contributed by atoms with E-state index in [1.54, 1.807) is 13.8 Å². The number of esters is 1. The van der Waals surface area contributed by atoms with Crippen molar-refractivity contribution in [1.29, 1.82) is 0 Å². The highest BCUT2D eigenvalue weighted by Gasteiger charge is 2.32. The molecule has 1 N–H and O–H groups in total. The highest BCUT2D eigenvalue weighted by molar-refractivity contribution is 6.08. The van der Waals surface area contributed by atoms with Crippen molar-refractivity contribution in [1.82, 2.24) is 0 Å². The van der Waals surface area contributed by atoms with Crippen LogP contribution in [0.25, 0.3) is 0 Å². The first-order chi connectivity index (χ1) is 6.11. The number of hydrogen-bond acceptors (Lipinski definition) is 4. The van der Waals surface area contributed by atoms with Crippen LogP contribution in [-0.4, -0.2) is 16.9 Å². The van der Waals surface area contributed by atoms with Crippen LogP contribution < -0.4 is 0 Å². The number of carbonyl (C=O) groups is 2. The highest BCUT2D eigenvalue weighted by Crippen LogP contribution is 2.25. The minimum atomic E-state index is -0.857. The summed E-state index contributed by atoms with van der Waals surface area (Å²) in [4.78, 5) is 22.1. The summed E-state index contributed by atoms with van der Waals surface area (Å²) < 4.78 is 4.64. The minimum absolute atomic E-state index is 0.00463. The van der Waals surface area contributed by atoms with Gasteiger partial charge in [0, 0.05) is 6.42 Å². The third-order valence-corrected chi connectivity index (χ3v) is 1.74. The van der Waals surface area contributed by atoms with Gasteiger partial charge in [0.25, 0.3) is 0 Å². The van der Waals surface area contributed by atoms with Crippen molar-refractivity contribution in [3.05, 3.63) is 23.2 Å². The Balaban J connectivity index is 3.15. The molecule has 0 bridgehead atoms. The van der Waals surface area contributed by atoms with Crippen LogP contribution in [0.15, 0.2) is 23.2 Å². The Morgan fingerprint density at radius 2 is 2.23 bits per heavy atom. The van der Waals surface area contributed by atoms with E-state index in [9.17, 15) is 14.7 Å². The molecular formula is C9H10O4. The zero-order chi connectivity index (χ0) is 10.0. The van der Waals surface area contributed by atoms with Crippen LogP contribution >= 0.6 is 0 Å². The number of hydrogen-bond donors (Lipinski definition) is 1. The molecule has 0 spiro atoms. The van der Waals surface area contributed by atoms with Crippen molar-refractivity contribution in [3.8, 4) is 0 Å². The maximum Gasteiger partial charge on any atom is 0.379 e. The molecule has 0 saturated carbocycles. The van der Waals surface area contributed by atoms with Gasteiger partial charge < -0.3 is 9.84 Å². The van der Waals surface area contributed by atoms with Crippen LogP contribution in [0.5, 0.6) is 0 Å². The number of cyclic esters (lactones) is 1. The number of allylic oxidation sites excluding steroid dienone is 2. The summed E-state index contributed by atoms with van der Waals surface area (Å²) in [7, 11) is 0. The van der Waals surface area contributed by atoms with E-state index >= 15 is 0 Å². The number of rotatable bonds is 2. The van der Waals surface area contributed by atoms with Crippen LogP contribution in [0.4, 0.5) is 0 Å². The molecule has 0 aromatic rings. The molecule has 0 fully saturated rings. The third kappa shape index (κ3) is 1.47. The Bertz CT molecular complexity index is 323. The predicted octanol–water partition coefficient (Wildman–Crippen LogP) is 1.24. The molecule has 0 aromatic carbocycles. The lowest BCUT2D eigenvalue weighted by Crippen LogP contribution is -2.03. The molecule has 13 heavy (non-hydrogen) atoms. The quantitative estimate of drug-likeness (QED) is 0.652. The fourth-order valence-electron chi connectivity index (χ4n) is 1.07. The van der Waals surface area contributed by atoms with Crippen LogP contribution in [0, 0.1) is 0 Å². The van der Waals surface area contributed by atoms with Gasteiger partial charge in [-0.2, -0.15) is 0 Å². The van der Waals surface area contributed by atoms with Gasteiger partial charge >= 0.3 is 5.97 Å². The van der Waals surface area contributed by atoms with Gasteiger partial charge in [-0.25, -0.2) is 4.79 Å². The second kappa shape index (κ2) is 3.43. The number of Topliss-reactive ketones (excluding diaryl/α,β-unsaturated/α-hetero) is 1. The standard InChI is InChI=1S/C9H10O4/c1-3-5(10)7-6(4-2)13-9(12)8(7)11/h4,11H,3H2,1-2H3/b6-4-. The second-order valence-electron chi connectivity index (χ2n) is 2.54. The number of ether oxygens (including phenoxy) is 1. The number of carbonyl (C=O) groups excluding carboxylic acids is 2. The molecule has 70 valence electrons. The summed E-state index contributed by atoms with van der Waals surface area (Å²) in [6, 6.07) is 0. The van der Waals surface area contributed by atoms with Gasteiger partial charge in [-0.05, 0) is 13.0 Å². The molecule has 4 heteroatoms. The fraction of sp³-hybridized carbons (Fsp3) is 0.333. The molecule has 0 amide bonds. The van der Waals surface area contributed by atoms with E-state index in [2.05, 4.69) is 4.74 Å². The van der Waals surface area contributed by atoms with E-state index in [1.807, 2.05) is 0 Å². The number of ketones is 1. The Labute approximate surface area is 75.5 Å². The first kappa shape index (κ1) is 9.51. The third-order valence-electron chi connectivity index (χ3n) is 1.74. The average Bonchev–Trinajstić information content (AvgIpc) is 2.42. The predicted molar refractivity (Wildman–Crippen MR) is 44.8 cm³/mol. The Hall–Kier alpha value is -1.58. The molecule has 1 aliphatic heterocycles. The van der Waals surface area contributed by atoms with E-state index in [1.165, 1.54) is 6.08 Å². The minimum Gasteiger partial charge on any atom is -0.501 e. The van der Waals surface area contributed by atoms with Gasteiger partial charge in [-0.1, -0.05) is 6.92 Å². The second-order valence-corrected chi connectivity index (χ2v) is 2.54. The molecule has 1 rings (SSSR count). The van der Waals surface area contributed by atoms with E-state index in [4.69, 9.17) is 0 Å². The first-order valence-electron chi connectivity index (χ1n) is 3.97. The van der Waals surface area contributed by atoms with Crippen molar-refractivity contribution in [2.24, 2.45) is 0 Å². The van der Waals surface area contributed by atoms with E-state index < -0.39 is 11.7 Å². The van der Waals surface area contributed by atoms with Crippen LogP contribution in [-0.2, 0) is 14.3 Å². The van der Waals surface area contributed by atoms with Gasteiger partial charge in [0.15, 0.2) is 5.78 Å². The summed E-state index contributed by atoms with van der Waals surface area (Å²) in [5.74, 6) is -1.59. The number of aliphatic hydroxyl groups excluding tert-OH is 1. The van der Waals surface area contributed by atoms with Gasteiger partial charge in [0.1, 0.15) is 11.3 Å². The summed E-state index contributed by atoms with van der Waals surface area (Å²) in [5.41, 5.74) is -0.00463. The van der Waals surface area contributed by atoms with Gasteiger partial charge in [0.05, 0.1) is 0 Å². The monoisotopic (exact) mass is 182 g/mol. The SMILES string of the molecule is C/C=C1\OC(=O)C(O)=C1C(=O)CC. The molecule has 1 aliphatic rings. The van der Waals surface area contributed by atoms with E-state index in [0.717, 1.165) is 0 Å². The van der Waals surface area contributed by atoms with E-state index in [0.29, 0.717) is 0 Å². The smallest absolute Gasteiger partial charge is 0.379 e. The summed E-state index contributed by atoms with van der Waals surface area (Å²) in [6.45, 7) is 3.28. The lowest BCUT2D eigenvalue weighted by molar-refractivity contribution is -0.135. The first-order valence-corrected chi connectivity index (χ1v) is 3.97. The Morgan fingerprint density at radius 3 is 2.69 bits per heavy atom. The Morgan fingerprint density at radius 1 is 1.62 bits per heavy atom. The molecule has 0 aromatic heterocycles. The van der Waals surface area contributed by atoms with Gasteiger partial charge in [-0.15, -0.1) is 0 Å². The van der Waals surface area contributed by atoms with Crippen molar-refractivity contribution in [3.63, 3.8) is 0 Å². The maximum atomic E-state index is 11.2. The zero-order valence-corrected chi connectivity index (χ0v) is 7.46. The lowest BCUT2D eigenvalue weighted by Gasteiger charge is -1.98. The van der Waals surface area contributed by atoms with Gasteiger partial charge in [0.2, 0.25) is 5.76 Å². The van der Waals surface area contributed by atoms with Crippen LogP contribution in [0.3, 0.4) is 0 Å². The zero-order valence-electron chi connectivity index (χ0n) is 7.46. The van der Waals surface area contributed by atoms with Crippen molar-refractivity contribution in [2.45, 2.75) is 20.3 Å². The largest absolute Gasteiger partial charge is 0.501 e.